The summed E-state index contributed by atoms with van der Waals surface area (Å²) in [5.74, 6) is 0.782. The Balaban J connectivity index is 1.76. The Kier molecular flexibility index (Phi) is 2.77. The normalized spacial score (nSPS) is 37.6. The van der Waals surface area contributed by atoms with Crippen LogP contribution in [0.2, 0.25) is 0 Å². The van der Waals surface area contributed by atoms with Crippen LogP contribution in [0.1, 0.15) is 45.4 Å². The molecule has 1 aliphatic carbocycles. The van der Waals surface area contributed by atoms with Crippen LogP contribution in [0.3, 0.4) is 0 Å². The van der Waals surface area contributed by atoms with Crippen LogP contribution in [0.15, 0.2) is 4.99 Å². The fraction of sp³-hybridized carbons (Fsp3) is 0.923. The standard InChI is InChI=1S/C13H23N3O/c1-2-3-11-8-13(6-7-17-11)9-15-12(14)16(13)10-4-5-10/h10-11H,2-9H2,1H3,(H2,14,15). The molecule has 2 aliphatic heterocycles. The van der Waals surface area contributed by atoms with Gasteiger partial charge < -0.3 is 15.4 Å². The van der Waals surface area contributed by atoms with E-state index in [9.17, 15) is 0 Å². The first kappa shape index (κ1) is 11.3. The first-order valence-electron chi connectivity index (χ1n) is 6.96. The lowest BCUT2D eigenvalue weighted by atomic mass is 9.84. The summed E-state index contributed by atoms with van der Waals surface area (Å²) in [6.45, 7) is 3.98. The lowest BCUT2D eigenvalue weighted by Crippen LogP contribution is -2.57. The second-order valence-electron chi connectivity index (χ2n) is 5.74. The van der Waals surface area contributed by atoms with E-state index in [0.717, 1.165) is 32.0 Å². The Labute approximate surface area is 103 Å². The van der Waals surface area contributed by atoms with Gasteiger partial charge in [0.05, 0.1) is 18.2 Å². The van der Waals surface area contributed by atoms with Crippen LogP contribution in [-0.4, -0.2) is 41.7 Å². The number of rotatable bonds is 3. The zero-order valence-electron chi connectivity index (χ0n) is 10.7. The summed E-state index contributed by atoms with van der Waals surface area (Å²) < 4.78 is 5.87. The first-order valence-corrected chi connectivity index (χ1v) is 6.96. The van der Waals surface area contributed by atoms with Crippen LogP contribution in [0, 0.1) is 0 Å². The topological polar surface area (TPSA) is 50.9 Å². The van der Waals surface area contributed by atoms with Gasteiger partial charge in [0, 0.05) is 12.6 Å². The summed E-state index contributed by atoms with van der Waals surface area (Å²) in [7, 11) is 0. The summed E-state index contributed by atoms with van der Waals surface area (Å²) in [4.78, 5) is 6.94. The third kappa shape index (κ3) is 1.92. The van der Waals surface area contributed by atoms with E-state index in [4.69, 9.17) is 10.5 Å². The van der Waals surface area contributed by atoms with Crippen LogP contribution < -0.4 is 5.73 Å². The number of guanidine groups is 1. The molecule has 1 saturated heterocycles. The maximum absolute atomic E-state index is 6.08. The Bertz CT molecular complexity index is 325. The predicted octanol–water partition coefficient (Wildman–Crippen LogP) is 1.50. The van der Waals surface area contributed by atoms with Gasteiger partial charge in [-0.2, -0.15) is 0 Å². The van der Waals surface area contributed by atoms with Crippen molar-refractivity contribution in [2.75, 3.05) is 13.2 Å². The largest absolute Gasteiger partial charge is 0.378 e. The third-order valence-electron chi connectivity index (χ3n) is 4.34. The van der Waals surface area contributed by atoms with Gasteiger partial charge >= 0.3 is 0 Å². The lowest BCUT2D eigenvalue weighted by molar-refractivity contribution is -0.0523. The highest BCUT2D eigenvalue weighted by atomic mass is 16.5. The highest BCUT2D eigenvalue weighted by Crippen LogP contribution is 2.42. The van der Waals surface area contributed by atoms with Gasteiger partial charge in [-0.05, 0) is 32.1 Å². The molecule has 3 rings (SSSR count). The highest BCUT2D eigenvalue weighted by Gasteiger charge is 2.50. The molecule has 0 radical (unpaired) electrons. The van der Waals surface area contributed by atoms with Crippen LogP contribution in [0.25, 0.3) is 0 Å². The molecule has 1 saturated carbocycles. The van der Waals surface area contributed by atoms with Crippen LogP contribution in [-0.2, 0) is 4.74 Å². The molecule has 2 unspecified atom stereocenters. The predicted molar refractivity (Wildman–Crippen MR) is 68.0 cm³/mol. The number of nitrogens with zero attached hydrogens (tertiary/aromatic N) is 2. The molecule has 2 N–H and O–H groups in total. The summed E-state index contributed by atoms with van der Waals surface area (Å²) in [5, 5.41) is 0. The smallest absolute Gasteiger partial charge is 0.192 e. The molecule has 0 amide bonds. The minimum Gasteiger partial charge on any atom is -0.378 e. The Morgan fingerprint density at radius 2 is 2.35 bits per heavy atom. The molecular formula is C13H23N3O. The quantitative estimate of drug-likeness (QED) is 0.809. The minimum absolute atomic E-state index is 0.198. The van der Waals surface area contributed by atoms with Gasteiger partial charge in [0.2, 0.25) is 0 Å². The number of hydrogen-bond donors (Lipinski definition) is 1. The van der Waals surface area contributed by atoms with Gasteiger partial charge in [0.1, 0.15) is 0 Å². The monoisotopic (exact) mass is 237 g/mol. The molecule has 96 valence electrons. The molecule has 2 heterocycles. The number of hydrogen-bond acceptors (Lipinski definition) is 4. The van der Waals surface area contributed by atoms with E-state index >= 15 is 0 Å². The van der Waals surface area contributed by atoms with Crippen LogP contribution >= 0.6 is 0 Å². The van der Waals surface area contributed by atoms with Crippen molar-refractivity contribution < 1.29 is 4.74 Å². The maximum atomic E-state index is 6.08. The molecule has 0 aromatic carbocycles. The second kappa shape index (κ2) is 4.16. The fourth-order valence-corrected chi connectivity index (χ4v) is 3.40. The van der Waals surface area contributed by atoms with Crippen molar-refractivity contribution in [1.29, 1.82) is 0 Å². The van der Waals surface area contributed by atoms with Gasteiger partial charge in [0.15, 0.2) is 5.96 Å². The zero-order valence-corrected chi connectivity index (χ0v) is 10.7. The van der Waals surface area contributed by atoms with E-state index in [-0.39, 0.29) is 5.54 Å². The molecule has 4 heteroatoms. The maximum Gasteiger partial charge on any atom is 0.192 e. The van der Waals surface area contributed by atoms with Crippen molar-refractivity contribution in [3.05, 3.63) is 0 Å². The molecule has 0 aromatic heterocycles. The van der Waals surface area contributed by atoms with E-state index in [1.165, 1.54) is 25.7 Å². The van der Waals surface area contributed by atoms with Gasteiger partial charge in [-0.3, -0.25) is 4.99 Å². The molecule has 17 heavy (non-hydrogen) atoms. The highest BCUT2D eigenvalue weighted by molar-refractivity contribution is 5.81. The zero-order chi connectivity index (χ0) is 11.9. The molecule has 2 fully saturated rings. The summed E-state index contributed by atoms with van der Waals surface area (Å²) >= 11 is 0. The lowest BCUT2D eigenvalue weighted by Gasteiger charge is -2.45. The molecule has 1 spiro atoms. The average molecular weight is 237 g/mol. The van der Waals surface area contributed by atoms with Crippen molar-refractivity contribution in [3.63, 3.8) is 0 Å². The van der Waals surface area contributed by atoms with Crippen LogP contribution in [0.4, 0.5) is 0 Å². The van der Waals surface area contributed by atoms with Crippen LogP contribution in [0.5, 0.6) is 0 Å². The second-order valence-corrected chi connectivity index (χ2v) is 5.74. The molecule has 0 aromatic rings. The van der Waals surface area contributed by atoms with Crippen molar-refractivity contribution in [3.8, 4) is 0 Å². The van der Waals surface area contributed by atoms with E-state index in [2.05, 4.69) is 16.8 Å². The Hall–Kier alpha value is -0.770. The van der Waals surface area contributed by atoms with Gasteiger partial charge in [0.25, 0.3) is 0 Å². The van der Waals surface area contributed by atoms with Crippen molar-refractivity contribution in [2.45, 2.75) is 63.1 Å². The number of aliphatic imine (C=N–C) groups is 1. The molecular weight excluding hydrogens is 214 g/mol. The van der Waals surface area contributed by atoms with Gasteiger partial charge in [-0.1, -0.05) is 13.3 Å². The number of nitrogens with two attached hydrogens (primary N) is 1. The first-order chi connectivity index (χ1) is 8.25. The molecule has 2 atom stereocenters. The van der Waals surface area contributed by atoms with E-state index in [0.29, 0.717) is 12.1 Å². The average Bonchev–Trinajstić information content (AvgIpc) is 3.08. The summed E-state index contributed by atoms with van der Waals surface area (Å²) in [6, 6.07) is 0.668. The Morgan fingerprint density at radius 1 is 1.53 bits per heavy atom. The van der Waals surface area contributed by atoms with Crippen molar-refractivity contribution >= 4 is 5.96 Å². The molecule has 3 aliphatic rings. The summed E-state index contributed by atoms with van der Waals surface area (Å²) in [6.07, 6.45) is 7.56. The summed E-state index contributed by atoms with van der Waals surface area (Å²) in [5.41, 5.74) is 6.28. The van der Waals surface area contributed by atoms with E-state index < -0.39 is 0 Å². The fourth-order valence-electron chi connectivity index (χ4n) is 3.40. The minimum atomic E-state index is 0.198. The van der Waals surface area contributed by atoms with E-state index in [1.807, 2.05) is 0 Å². The van der Waals surface area contributed by atoms with Crippen molar-refractivity contribution in [2.24, 2.45) is 10.7 Å². The molecule has 4 nitrogen and oxygen atoms in total. The Morgan fingerprint density at radius 3 is 3.06 bits per heavy atom. The number of ether oxygens (including phenoxy) is 1. The van der Waals surface area contributed by atoms with Gasteiger partial charge in [-0.25, -0.2) is 0 Å². The van der Waals surface area contributed by atoms with Crippen molar-refractivity contribution in [1.82, 2.24) is 4.90 Å². The van der Waals surface area contributed by atoms with Gasteiger partial charge in [-0.15, -0.1) is 0 Å². The third-order valence-corrected chi connectivity index (χ3v) is 4.34. The SMILES string of the molecule is CCCC1CC2(CCO1)CN=C(N)N2C1CC1. The van der Waals surface area contributed by atoms with E-state index in [1.54, 1.807) is 0 Å². The molecule has 0 bridgehead atoms.